The second-order valence-corrected chi connectivity index (χ2v) is 7.72. The van der Waals surface area contributed by atoms with Crippen LogP contribution in [0.5, 0.6) is 0 Å². The molecule has 0 spiro atoms. The van der Waals surface area contributed by atoms with Crippen LogP contribution in [0.2, 0.25) is 0 Å². The summed E-state index contributed by atoms with van der Waals surface area (Å²) in [5.74, 6) is -0.389. The number of nitrogens with zero attached hydrogens (tertiary/aromatic N) is 1. The Morgan fingerprint density at radius 1 is 0.867 bits per heavy atom. The van der Waals surface area contributed by atoms with Gasteiger partial charge < -0.3 is 15.0 Å². The van der Waals surface area contributed by atoms with Crippen LogP contribution in [0, 0.1) is 0 Å². The van der Waals surface area contributed by atoms with E-state index in [4.69, 9.17) is 4.74 Å². The molecule has 0 bridgehead atoms. The number of carbonyl (C=O) groups is 3. The number of ether oxygens (including phenoxy) is 1. The molecule has 0 aliphatic heterocycles. The van der Waals surface area contributed by atoms with E-state index in [0.717, 1.165) is 0 Å². The lowest BCUT2D eigenvalue weighted by atomic mass is 10.1. The zero-order chi connectivity index (χ0) is 22.3. The molecule has 0 radical (unpaired) electrons. The van der Waals surface area contributed by atoms with Crippen molar-refractivity contribution in [2.75, 3.05) is 23.7 Å². The zero-order valence-corrected chi connectivity index (χ0v) is 18.1. The highest BCUT2D eigenvalue weighted by Crippen LogP contribution is 2.16. The van der Waals surface area contributed by atoms with Gasteiger partial charge in [-0.2, -0.15) is 0 Å². The molecule has 2 aromatic rings. The minimum Gasteiger partial charge on any atom is -0.444 e. The van der Waals surface area contributed by atoms with Crippen molar-refractivity contribution in [2.24, 2.45) is 0 Å². The number of hydrogen-bond acceptors (Lipinski definition) is 4. The van der Waals surface area contributed by atoms with Gasteiger partial charge in [0.1, 0.15) is 5.60 Å². The molecule has 0 aliphatic rings. The van der Waals surface area contributed by atoms with Crippen molar-refractivity contribution in [1.82, 2.24) is 4.90 Å². The third kappa shape index (κ3) is 6.62. The highest BCUT2D eigenvalue weighted by atomic mass is 16.6. The second-order valence-electron chi connectivity index (χ2n) is 7.72. The fraction of sp³-hybridized carbons (Fsp3) is 0.348. The Morgan fingerprint density at radius 3 is 2.07 bits per heavy atom. The Bertz CT molecular complexity index is 897. The minimum absolute atomic E-state index is 0.0753. The summed E-state index contributed by atoms with van der Waals surface area (Å²) < 4.78 is 5.20. The summed E-state index contributed by atoms with van der Waals surface area (Å²) in [4.78, 5) is 38.6. The van der Waals surface area contributed by atoms with E-state index in [2.05, 4.69) is 10.6 Å². The Morgan fingerprint density at radius 2 is 1.50 bits per heavy atom. The van der Waals surface area contributed by atoms with E-state index in [9.17, 15) is 14.4 Å². The molecule has 2 rings (SSSR count). The van der Waals surface area contributed by atoms with E-state index in [1.807, 2.05) is 13.8 Å². The quantitative estimate of drug-likeness (QED) is 0.717. The van der Waals surface area contributed by atoms with Gasteiger partial charge in [0, 0.05) is 35.6 Å². The van der Waals surface area contributed by atoms with Crippen molar-refractivity contribution in [3.63, 3.8) is 0 Å². The standard InChI is InChI=1S/C23H29N3O4/c1-6-26(7-2)21(28)17-9-8-10-19(15-17)24-20(27)16-11-13-18(14-12-16)25-22(29)30-23(3,4)5/h8-15H,6-7H2,1-5H3,(H,24,27)(H,25,29). The average molecular weight is 412 g/mol. The van der Waals surface area contributed by atoms with Gasteiger partial charge in [0.25, 0.3) is 11.8 Å². The number of carbonyl (C=O) groups excluding carboxylic acids is 3. The molecule has 0 aromatic heterocycles. The highest BCUT2D eigenvalue weighted by Gasteiger charge is 2.17. The smallest absolute Gasteiger partial charge is 0.412 e. The van der Waals surface area contributed by atoms with Crippen molar-refractivity contribution in [3.05, 3.63) is 59.7 Å². The molecular formula is C23H29N3O4. The topological polar surface area (TPSA) is 87.7 Å². The fourth-order valence-corrected chi connectivity index (χ4v) is 2.75. The largest absolute Gasteiger partial charge is 0.444 e. The summed E-state index contributed by atoms with van der Waals surface area (Å²) in [5.41, 5.74) is 1.41. The Balaban J connectivity index is 2.04. The Kier molecular flexibility index (Phi) is 7.58. The van der Waals surface area contributed by atoms with E-state index < -0.39 is 11.7 Å². The second kappa shape index (κ2) is 9.91. The fourth-order valence-electron chi connectivity index (χ4n) is 2.75. The molecule has 0 heterocycles. The van der Waals surface area contributed by atoms with Crippen LogP contribution >= 0.6 is 0 Å². The van der Waals surface area contributed by atoms with Gasteiger partial charge in [0.15, 0.2) is 0 Å². The molecule has 3 amide bonds. The number of nitrogens with one attached hydrogen (secondary N) is 2. The lowest BCUT2D eigenvalue weighted by molar-refractivity contribution is 0.0635. The van der Waals surface area contributed by atoms with Crippen LogP contribution in [-0.2, 0) is 4.74 Å². The van der Waals surface area contributed by atoms with Crippen LogP contribution < -0.4 is 10.6 Å². The summed E-state index contributed by atoms with van der Waals surface area (Å²) in [5, 5.41) is 5.42. The van der Waals surface area contributed by atoms with Crippen LogP contribution in [0.25, 0.3) is 0 Å². The maximum absolute atomic E-state index is 12.5. The molecule has 2 aromatic carbocycles. The maximum Gasteiger partial charge on any atom is 0.412 e. The molecule has 0 saturated carbocycles. The van der Waals surface area contributed by atoms with Crippen molar-refractivity contribution in [3.8, 4) is 0 Å². The molecule has 2 N–H and O–H groups in total. The van der Waals surface area contributed by atoms with Crippen LogP contribution in [0.3, 0.4) is 0 Å². The molecule has 0 fully saturated rings. The van der Waals surface area contributed by atoms with Gasteiger partial charge in [0.2, 0.25) is 0 Å². The highest BCUT2D eigenvalue weighted by molar-refractivity contribution is 6.05. The van der Waals surface area contributed by atoms with Crippen molar-refractivity contribution in [2.45, 2.75) is 40.2 Å². The van der Waals surface area contributed by atoms with E-state index in [0.29, 0.717) is 35.6 Å². The number of hydrogen-bond donors (Lipinski definition) is 2. The van der Waals surface area contributed by atoms with Gasteiger partial charge in [-0.05, 0) is 77.1 Å². The summed E-state index contributed by atoms with van der Waals surface area (Å²) >= 11 is 0. The molecule has 0 unspecified atom stereocenters. The first-order chi connectivity index (χ1) is 14.1. The molecule has 7 heteroatoms. The van der Waals surface area contributed by atoms with E-state index >= 15 is 0 Å². The summed E-state index contributed by atoms with van der Waals surface area (Å²) in [7, 11) is 0. The summed E-state index contributed by atoms with van der Waals surface area (Å²) in [6, 6.07) is 13.3. The number of benzene rings is 2. The van der Waals surface area contributed by atoms with Crippen molar-refractivity contribution >= 4 is 29.3 Å². The lowest BCUT2D eigenvalue weighted by Crippen LogP contribution is -2.30. The van der Waals surface area contributed by atoms with Crippen LogP contribution in [0.1, 0.15) is 55.3 Å². The monoisotopic (exact) mass is 411 g/mol. The number of amides is 3. The molecule has 0 saturated heterocycles. The van der Waals surface area contributed by atoms with Crippen molar-refractivity contribution in [1.29, 1.82) is 0 Å². The van der Waals surface area contributed by atoms with Gasteiger partial charge in [0.05, 0.1) is 0 Å². The maximum atomic E-state index is 12.5. The molecule has 30 heavy (non-hydrogen) atoms. The van der Waals surface area contributed by atoms with E-state index in [1.165, 1.54) is 0 Å². The SMILES string of the molecule is CCN(CC)C(=O)c1cccc(NC(=O)c2ccc(NC(=O)OC(C)(C)C)cc2)c1. The predicted molar refractivity (Wildman–Crippen MR) is 118 cm³/mol. The molecule has 0 atom stereocenters. The summed E-state index contributed by atoms with van der Waals surface area (Å²) in [6.45, 7) is 10.4. The first kappa shape index (κ1) is 22.9. The molecule has 160 valence electrons. The van der Waals surface area contributed by atoms with Crippen LogP contribution in [0.15, 0.2) is 48.5 Å². The predicted octanol–water partition coefficient (Wildman–Crippen LogP) is 4.77. The van der Waals surface area contributed by atoms with Crippen LogP contribution in [0.4, 0.5) is 16.2 Å². The van der Waals surface area contributed by atoms with Crippen molar-refractivity contribution < 1.29 is 19.1 Å². The average Bonchev–Trinajstić information content (AvgIpc) is 2.68. The number of anilines is 2. The molecular weight excluding hydrogens is 382 g/mol. The zero-order valence-electron chi connectivity index (χ0n) is 18.1. The Hall–Kier alpha value is -3.35. The van der Waals surface area contributed by atoms with Gasteiger partial charge in [-0.3, -0.25) is 14.9 Å². The molecule has 7 nitrogen and oxygen atoms in total. The van der Waals surface area contributed by atoms with Gasteiger partial charge in [-0.15, -0.1) is 0 Å². The normalized spacial score (nSPS) is 10.8. The van der Waals surface area contributed by atoms with E-state index in [-0.39, 0.29) is 11.8 Å². The van der Waals surface area contributed by atoms with Gasteiger partial charge in [-0.1, -0.05) is 6.07 Å². The number of rotatable bonds is 6. The summed E-state index contributed by atoms with van der Waals surface area (Å²) in [6.07, 6.45) is -0.561. The van der Waals surface area contributed by atoms with Gasteiger partial charge in [-0.25, -0.2) is 4.79 Å². The van der Waals surface area contributed by atoms with Gasteiger partial charge >= 0.3 is 6.09 Å². The Labute approximate surface area is 177 Å². The first-order valence-corrected chi connectivity index (χ1v) is 9.93. The third-order valence-electron chi connectivity index (χ3n) is 4.21. The molecule has 0 aliphatic carbocycles. The van der Waals surface area contributed by atoms with E-state index in [1.54, 1.807) is 74.2 Å². The minimum atomic E-state index is -0.592. The first-order valence-electron chi connectivity index (χ1n) is 9.93. The third-order valence-corrected chi connectivity index (χ3v) is 4.21. The van der Waals surface area contributed by atoms with Crippen LogP contribution in [-0.4, -0.2) is 41.5 Å². The lowest BCUT2D eigenvalue weighted by Gasteiger charge is -2.19.